The lowest BCUT2D eigenvalue weighted by molar-refractivity contribution is -0.119. The summed E-state index contributed by atoms with van der Waals surface area (Å²) in [5.74, 6) is 1.17. The molecule has 194 valence electrons. The van der Waals surface area contributed by atoms with Gasteiger partial charge in [0, 0.05) is 18.7 Å². The lowest BCUT2D eigenvalue weighted by atomic mass is 9.79. The molecule has 1 aliphatic heterocycles. The fourth-order valence-electron chi connectivity index (χ4n) is 4.67. The molecule has 9 nitrogen and oxygen atoms in total. The van der Waals surface area contributed by atoms with Crippen LogP contribution in [0.4, 0.5) is 5.69 Å². The van der Waals surface area contributed by atoms with Crippen LogP contribution in [0.1, 0.15) is 33.4 Å². The van der Waals surface area contributed by atoms with E-state index in [1.165, 1.54) is 21.3 Å². The summed E-state index contributed by atoms with van der Waals surface area (Å²) in [6.07, 6.45) is 0. The van der Waals surface area contributed by atoms with Crippen LogP contribution in [0.15, 0.2) is 54.6 Å². The van der Waals surface area contributed by atoms with E-state index in [-0.39, 0.29) is 11.8 Å². The van der Waals surface area contributed by atoms with E-state index >= 15 is 0 Å². The number of methoxy groups -OCH3 is 5. The van der Waals surface area contributed by atoms with Crippen LogP contribution in [0.3, 0.4) is 0 Å². The van der Waals surface area contributed by atoms with Gasteiger partial charge in [0.2, 0.25) is 5.91 Å². The highest BCUT2D eigenvalue weighted by molar-refractivity contribution is 6.05. The summed E-state index contributed by atoms with van der Waals surface area (Å²) in [4.78, 5) is 29.2. The molecule has 37 heavy (non-hydrogen) atoms. The first-order valence-electron chi connectivity index (χ1n) is 11.6. The number of nitrogens with zero attached hydrogens (tertiary/aromatic N) is 1. The molecule has 0 fully saturated rings. The zero-order valence-electron chi connectivity index (χ0n) is 21.7. The van der Waals surface area contributed by atoms with Gasteiger partial charge in [-0.25, -0.2) is 0 Å². The number of hydrogen-bond donors (Lipinski definition) is 1. The second-order valence-electron chi connectivity index (χ2n) is 8.46. The number of likely N-dealkylation sites (N-methyl/N-ethyl adjacent to an activating group) is 1. The average molecular weight is 507 g/mol. The van der Waals surface area contributed by atoms with Gasteiger partial charge in [0.15, 0.2) is 11.5 Å². The highest BCUT2D eigenvalue weighted by atomic mass is 16.5. The van der Waals surface area contributed by atoms with E-state index in [1.807, 2.05) is 12.1 Å². The number of anilines is 1. The van der Waals surface area contributed by atoms with E-state index in [0.29, 0.717) is 45.6 Å². The van der Waals surface area contributed by atoms with Gasteiger partial charge in [-0.3, -0.25) is 9.59 Å². The molecule has 0 saturated heterocycles. The van der Waals surface area contributed by atoms with Crippen LogP contribution in [0.25, 0.3) is 0 Å². The standard InChI is InChI=1S/C28H30N2O7/c1-30-26(16-7-9-17(33-2)10-8-16)25(19-14-23(36-5)24(37-6)15-20(19)28(30)32)27(31)29-21-13-18(34-3)11-12-22(21)35-4/h7-15,25-26H,1-6H3,(H,29,31)/t25-,26+/m0/s1. The molecule has 1 heterocycles. The molecule has 9 heteroatoms. The summed E-state index contributed by atoms with van der Waals surface area (Å²) < 4.78 is 27.0. The summed E-state index contributed by atoms with van der Waals surface area (Å²) in [6.45, 7) is 0. The van der Waals surface area contributed by atoms with Crippen molar-refractivity contribution in [3.05, 3.63) is 71.3 Å². The lowest BCUT2D eigenvalue weighted by Crippen LogP contribution is -2.44. The Bertz CT molecular complexity index is 1310. The van der Waals surface area contributed by atoms with Crippen LogP contribution in [0.2, 0.25) is 0 Å². The third-order valence-electron chi connectivity index (χ3n) is 6.58. The number of rotatable bonds is 8. The molecule has 0 bridgehead atoms. The maximum atomic E-state index is 14.1. The second-order valence-corrected chi connectivity index (χ2v) is 8.46. The minimum atomic E-state index is -0.790. The number of carbonyl (C=O) groups excluding carboxylic acids is 2. The van der Waals surface area contributed by atoms with Gasteiger partial charge < -0.3 is 33.9 Å². The first-order chi connectivity index (χ1) is 17.9. The molecule has 3 aromatic rings. The third-order valence-corrected chi connectivity index (χ3v) is 6.58. The molecule has 1 aliphatic rings. The first kappa shape index (κ1) is 25.7. The summed E-state index contributed by atoms with van der Waals surface area (Å²) in [6, 6.07) is 15.2. The molecular weight excluding hydrogens is 476 g/mol. The van der Waals surface area contributed by atoms with Crippen LogP contribution < -0.4 is 29.0 Å². The van der Waals surface area contributed by atoms with Crippen molar-refractivity contribution < 1.29 is 33.3 Å². The van der Waals surface area contributed by atoms with Crippen LogP contribution in [-0.4, -0.2) is 59.3 Å². The van der Waals surface area contributed by atoms with Crippen LogP contribution in [-0.2, 0) is 4.79 Å². The van der Waals surface area contributed by atoms with Crippen molar-refractivity contribution in [1.82, 2.24) is 4.90 Å². The van der Waals surface area contributed by atoms with Crippen LogP contribution in [0.5, 0.6) is 28.7 Å². The smallest absolute Gasteiger partial charge is 0.254 e. The van der Waals surface area contributed by atoms with E-state index in [0.717, 1.165) is 5.56 Å². The van der Waals surface area contributed by atoms with Crippen molar-refractivity contribution >= 4 is 17.5 Å². The molecule has 0 aromatic heterocycles. The number of ether oxygens (including phenoxy) is 5. The Kier molecular flexibility index (Phi) is 7.42. The van der Waals surface area contributed by atoms with Gasteiger partial charge in [-0.15, -0.1) is 0 Å². The third kappa shape index (κ3) is 4.72. The molecule has 4 rings (SSSR count). The number of carbonyl (C=O) groups is 2. The molecular formula is C28H30N2O7. The SMILES string of the molecule is COc1ccc([C@@H]2[C@@H](C(=O)Nc3cc(OC)ccc3OC)c3cc(OC)c(OC)cc3C(=O)N2C)cc1. The molecule has 1 N–H and O–H groups in total. The van der Waals surface area contributed by atoms with Gasteiger partial charge >= 0.3 is 0 Å². The largest absolute Gasteiger partial charge is 0.497 e. The Hall–Kier alpha value is -4.40. The quantitative estimate of drug-likeness (QED) is 0.487. The van der Waals surface area contributed by atoms with Gasteiger partial charge in [-0.2, -0.15) is 0 Å². The fraction of sp³-hybridized carbons (Fsp3) is 0.286. The molecule has 2 amide bonds. The topological polar surface area (TPSA) is 95.6 Å². The zero-order valence-corrected chi connectivity index (χ0v) is 21.7. The first-order valence-corrected chi connectivity index (χ1v) is 11.6. The van der Waals surface area contributed by atoms with Crippen molar-refractivity contribution in [1.29, 1.82) is 0 Å². The highest BCUT2D eigenvalue weighted by Gasteiger charge is 2.43. The fourth-order valence-corrected chi connectivity index (χ4v) is 4.67. The Balaban J connectivity index is 1.88. The number of nitrogens with one attached hydrogen (secondary N) is 1. The Morgan fingerprint density at radius 2 is 1.35 bits per heavy atom. The second kappa shape index (κ2) is 10.7. The van der Waals surface area contributed by atoms with Crippen molar-refractivity contribution in [3.63, 3.8) is 0 Å². The van der Waals surface area contributed by atoms with Gasteiger partial charge in [0.1, 0.15) is 17.2 Å². The van der Waals surface area contributed by atoms with Crippen molar-refractivity contribution in [2.75, 3.05) is 47.9 Å². The predicted molar refractivity (Wildman–Crippen MR) is 138 cm³/mol. The van der Waals surface area contributed by atoms with E-state index in [1.54, 1.807) is 68.6 Å². The van der Waals surface area contributed by atoms with Crippen molar-refractivity contribution in [2.24, 2.45) is 0 Å². The minimum absolute atomic E-state index is 0.236. The normalized spacial score (nSPS) is 16.5. The zero-order chi connectivity index (χ0) is 26.7. The summed E-state index contributed by atoms with van der Waals surface area (Å²) in [5.41, 5.74) is 2.11. The van der Waals surface area contributed by atoms with E-state index in [9.17, 15) is 9.59 Å². The lowest BCUT2D eigenvalue weighted by Gasteiger charge is -2.40. The molecule has 0 saturated carbocycles. The van der Waals surface area contributed by atoms with Crippen LogP contribution >= 0.6 is 0 Å². The van der Waals surface area contributed by atoms with Gasteiger partial charge in [-0.1, -0.05) is 12.1 Å². The Labute approximate surface area is 215 Å². The van der Waals surface area contributed by atoms with Gasteiger partial charge in [0.25, 0.3) is 5.91 Å². The highest BCUT2D eigenvalue weighted by Crippen LogP contribution is 2.46. The molecule has 2 atom stereocenters. The molecule has 0 unspecified atom stereocenters. The predicted octanol–water partition coefficient (Wildman–Crippen LogP) is 4.28. The molecule has 3 aromatic carbocycles. The van der Waals surface area contributed by atoms with Gasteiger partial charge in [0.05, 0.1) is 53.2 Å². The van der Waals surface area contributed by atoms with Crippen LogP contribution in [0, 0.1) is 0 Å². The monoisotopic (exact) mass is 506 g/mol. The summed E-state index contributed by atoms with van der Waals surface area (Å²) in [5, 5.41) is 2.99. The average Bonchev–Trinajstić information content (AvgIpc) is 2.93. The molecule has 0 aliphatic carbocycles. The number of benzene rings is 3. The minimum Gasteiger partial charge on any atom is -0.497 e. The number of fused-ring (bicyclic) bond motifs is 1. The maximum absolute atomic E-state index is 14.1. The van der Waals surface area contributed by atoms with E-state index in [4.69, 9.17) is 23.7 Å². The summed E-state index contributed by atoms with van der Waals surface area (Å²) in [7, 11) is 9.35. The molecule has 0 radical (unpaired) electrons. The summed E-state index contributed by atoms with van der Waals surface area (Å²) >= 11 is 0. The van der Waals surface area contributed by atoms with Gasteiger partial charge in [-0.05, 0) is 47.5 Å². The molecule has 0 spiro atoms. The van der Waals surface area contributed by atoms with E-state index < -0.39 is 12.0 Å². The number of amides is 2. The number of hydrogen-bond acceptors (Lipinski definition) is 7. The Morgan fingerprint density at radius 3 is 1.95 bits per heavy atom. The van der Waals surface area contributed by atoms with E-state index in [2.05, 4.69) is 5.32 Å². The van der Waals surface area contributed by atoms with Crippen molar-refractivity contribution in [3.8, 4) is 28.7 Å². The van der Waals surface area contributed by atoms with Crippen molar-refractivity contribution in [2.45, 2.75) is 12.0 Å². The maximum Gasteiger partial charge on any atom is 0.254 e. The Morgan fingerprint density at radius 1 is 0.757 bits per heavy atom.